The van der Waals surface area contributed by atoms with Crippen molar-refractivity contribution in [3.63, 3.8) is 0 Å². The van der Waals surface area contributed by atoms with Crippen molar-refractivity contribution < 1.29 is 9.53 Å². The van der Waals surface area contributed by atoms with Crippen LogP contribution in [0.5, 0.6) is 0 Å². The number of fused-ring (bicyclic) bond motifs is 1. The molecule has 0 unspecified atom stereocenters. The third-order valence-corrected chi connectivity index (χ3v) is 4.12. The first kappa shape index (κ1) is 15.1. The van der Waals surface area contributed by atoms with Crippen molar-refractivity contribution in [3.05, 3.63) is 84.4 Å². The van der Waals surface area contributed by atoms with Gasteiger partial charge in [0, 0.05) is 18.7 Å². The number of hydrazone groups is 1. The van der Waals surface area contributed by atoms with Crippen molar-refractivity contribution in [2.45, 2.75) is 0 Å². The molecular weight excluding hydrogens is 312 g/mol. The van der Waals surface area contributed by atoms with Crippen LogP contribution in [0, 0.1) is 0 Å². The van der Waals surface area contributed by atoms with Crippen LogP contribution >= 0.6 is 0 Å². The summed E-state index contributed by atoms with van der Waals surface area (Å²) in [4.78, 5) is 12.2. The molecule has 4 heteroatoms. The molecule has 0 amide bonds. The molecule has 0 saturated carbocycles. The van der Waals surface area contributed by atoms with Gasteiger partial charge in [-0.25, -0.2) is 4.79 Å². The summed E-state index contributed by atoms with van der Waals surface area (Å²) >= 11 is 0. The summed E-state index contributed by atoms with van der Waals surface area (Å²) in [6.45, 7) is 0. The van der Waals surface area contributed by atoms with Crippen LogP contribution in [-0.2, 0) is 9.53 Å². The van der Waals surface area contributed by atoms with Crippen LogP contribution in [0.25, 0.3) is 16.5 Å². The lowest BCUT2D eigenvalue weighted by Crippen LogP contribution is -2.16. The zero-order chi connectivity index (χ0) is 17.2. The van der Waals surface area contributed by atoms with Crippen LogP contribution in [-0.4, -0.2) is 18.7 Å². The Morgan fingerprint density at radius 2 is 1.60 bits per heavy atom. The van der Waals surface area contributed by atoms with Gasteiger partial charge in [-0.1, -0.05) is 60.7 Å². The topological polar surface area (TPSA) is 41.9 Å². The van der Waals surface area contributed by atoms with Crippen molar-refractivity contribution in [1.82, 2.24) is 0 Å². The van der Waals surface area contributed by atoms with E-state index in [0.717, 1.165) is 22.0 Å². The van der Waals surface area contributed by atoms with Gasteiger partial charge in [-0.3, -0.25) is 5.01 Å². The van der Waals surface area contributed by atoms with Crippen LogP contribution in [0.2, 0.25) is 0 Å². The van der Waals surface area contributed by atoms with Crippen molar-refractivity contribution in [2.75, 3.05) is 12.1 Å². The Labute approximate surface area is 145 Å². The number of para-hydroxylation sites is 1. The highest BCUT2D eigenvalue weighted by molar-refractivity contribution is 6.45. The molecule has 0 aliphatic carbocycles. The Kier molecular flexibility index (Phi) is 3.78. The van der Waals surface area contributed by atoms with Gasteiger partial charge in [-0.05, 0) is 22.9 Å². The molecule has 1 aliphatic rings. The minimum atomic E-state index is -0.439. The molecule has 0 radical (unpaired) electrons. The number of hydrogen-bond donors (Lipinski definition) is 0. The van der Waals surface area contributed by atoms with E-state index in [0.29, 0.717) is 5.76 Å². The lowest BCUT2D eigenvalue weighted by atomic mass is 10.0. The number of carbonyl (C=O) groups is 1. The number of hydrogen-bond acceptors (Lipinski definition) is 4. The summed E-state index contributed by atoms with van der Waals surface area (Å²) in [5, 5.41) is 8.19. The Morgan fingerprint density at radius 1 is 0.880 bits per heavy atom. The molecule has 3 aromatic carbocycles. The first-order valence-corrected chi connectivity index (χ1v) is 8.02. The van der Waals surface area contributed by atoms with E-state index < -0.39 is 5.97 Å². The minimum Gasteiger partial charge on any atom is -0.421 e. The number of benzene rings is 3. The fraction of sp³-hybridized carbons (Fsp3) is 0.0476. The van der Waals surface area contributed by atoms with Crippen LogP contribution in [0.3, 0.4) is 0 Å². The molecule has 25 heavy (non-hydrogen) atoms. The van der Waals surface area contributed by atoms with Gasteiger partial charge in [0.2, 0.25) is 0 Å². The standard InChI is InChI=1S/C21H16N2O2/c1-23(16-10-3-2-4-11-16)22-19-14-20(25-21(19)24)18-13-7-9-15-8-5-6-12-17(15)18/h2-14H,1H3/b22-19+. The van der Waals surface area contributed by atoms with Crippen molar-refractivity contribution in [2.24, 2.45) is 5.10 Å². The Hall–Kier alpha value is -3.40. The molecule has 0 bridgehead atoms. The maximum absolute atomic E-state index is 12.2. The van der Waals surface area contributed by atoms with Crippen LogP contribution < -0.4 is 5.01 Å². The SMILES string of the molecule is CN(/N=C1\C=C(c2cccc3ccccc23)OC1=O)c1ccccc1. The molecule has 4 rings (SSSR count). The fourth-order valence-corrected chi connectivity index (χ4v) is 2.87. The van der Waals surface area contributed by atoms with Crippen LogP contribution in [0.4, 0.5) is 5.69 Å². The number of carbonyl (C=O) groups excluding carboxylic acids is 1. The van der Waals surface area contributed by atoms with Gasteiger partial charge in [0.15, 0.2) is 5.71 Å². The average Bonchev–Trinajstić information content (AvgIpc) is 3.02. The highest BCUT2D eigenvalue weighted by Crippen LogP contribution is 2.29. The molecule has 0 fully saturated rings. The fourth-order valence-electron chi connectivity index (χ4n) is 2.87. The molecule has 1 aliphatic heterocycles. The van der Waals surface area contributed by atoms with Crippen molar-refractivity contribution >= 4 is 33.9 Å². The van der Waals surface area contributed by atoms with Crippen molar-refractivity contribution in [3.8, 4) is 0 Å². The number of nitrogens with zero attached hydrogens (tertiary/aromatic N) is 2. The highest BCUT2D eigenvalue weighted by Gasteiger charge is 2.25. The maximum atomic E-state index is 12.2. The Balaban J connectivity index is 1.72. The summed E-state index contributed by atoms with van der Waals surface area (Å²) in [6.07, 6.45) is 1.70. The minimum absolute atomic E-state index is 0.286. The second-order valence-corrected chi connectivity index (χ2v) is 5.77. The second kappa shape index (κ2) is 6.24. The summed E-state index contributed by atoms with van der Waals surface area (Å²) in [5.41, 5.74) is 2.07. The number of cyclic esters (lactones) is 1. The number of esters is 1. The predicted molar refractivity (Wildman–Crippen MR) is 100 cm³/mol. The number of ether oxygens (including phenoxy) is 1. The van der Waals surface area contributed by atoms with E-state index in [1.54, 1.807) is 18.1 Å². The van der Waals surface area contributed by atoms with E-state index in [1.165, 1.54) is 0 Å². The third-order valence-electron chi connectivity index (χ3n) is 4.12. The monoisotopic (exact) mass is 328 g/mol. The number of anilines is 1. The molecule has 122 valence electrons. The largest absolute Gasteiger partial charge is 0.421 e. The first-order valence-electron chi connectivity index (χ1n) is 8.02. The second-order valence-electron chi connectivity index (χ2n) is 5.77. The molecular formula is C21H16N2O2. The van der Waals surface area contributed by atoms with E-state index in [4.69, 9.17) is 4.74 Å². The van der Waals surface area contributed by atoms with Gasteiger partial charge >= 0.3 is 5.97 Å². The van der Waals surface area contributed by atoms with Gasteiger partial charge < -0.3 is 4.74 Å². The quantitative estimate of drug-likeness (QED) is 0.534. The first-order chi connectivity index (χ1) is 12.2. The van der Waals surface area contributed by atoms with Crippen molar-refractivity contribution in [1.29, 1.82) is 0 Å². The Bertz CT molecular complexity index is 1000. The smallest absolute Gasteiger partial charge is 0.364 e. The van der Waals surface area contributed by atoms with Gasteiger partial charge in [0.05, 0.1) is 5.69 Å². The third kappa shape index (κ3) is 2.90. The summed E-state index contributed by atoms with van der Waals surface area (Å²) in [7, 11) is 1.80. The lowest BCUT2D eigenvalue weighted by molar-refractivity contribution is -0.128. The van der Waals surface area contributed by atoms with E-state index in [2.05, 4.69) is 5.10 Å². The van der Waals surface area contributed by atoms with Crippen LogP contribution in [0.1, 0.15) is 5.56 Å². The van der Waals surface area contributed by atoms with Gasteiger partial charge in [0.25, 0.3) is 0 Å². The molecule has 0 aromatic heterocycles. The van der Waals surface area contributed by atoms with Crippen LogP contribution in [0.15, 0.2) is 84.0 Å². The van der Waals surface area contributed by atoms with E-state index >= 15 is 0 Å². The summed E-state index contributed by atoms with van der Waals surface area (Å²) in [6, 6.07) is 23.6. The predicted octanol–water partition coefficient (Wildman–Crippen LogP) is 4.23. The molecule has 4 nitrogen and oxygen atoms in total. The molecule has 1 heterocycles. The Morgan fingerprint density at radius 3 is 2.44 bits per heavy atom. The van der Waals surface area contributed by atoms with Gasteiger partial charge in [0.1, 0.15) is 5.76 Å². The summed E-state index contributed by atoms with van der Waals surface area (Å²) in [5.74, 6) is 0.0905. The van der Waals surface area contributed by atoms with Gasteiger partial charge in [-0.15, -0.1) is 0 Å². The molecule has 0 N–H and O–H groups in total. The average molecular weight is 328 g/mol. The lowest BCUT2D eigenvalue weighted by Gasteiger charge is -2.12. The van der Waals surface area contributed by atoms with E-state index in [-0.39, 0.29) is 5.71 Å². The maximum Gasteiger partial charge on any atom is 0.364 e. The molecule has 0 saturated heterocycles. The zero-order valence-electron chi connectivity index (χ0n) is 13.7. The van der Waals surface area contributed by atoms with E-state index in [9.17, 15) is 4.79 Å². The normalized spacial score (nSPS) is 15.3. The van der Waals surface area contributed by atoms with E-state index in [1.807, 2.05) is 72.8 Å². The highest BCUT2D eigenvalue weighted by atomic mass is 16.5. The molecule has 3 aromatic rings. The molecule has 0 atom stereocenters. The summed E-state index contributed by atoms with van der Waals surface area (Å²) < 4.78 is 5.47. The number of rotatable bonds is 3. The zero-order valence-corrected chi connectivity index (χ0v) is 13.7. The molecule has 0 spiro atoms. The van der Waals surface area contributed by atoms with Gasteiger partial charge in [-0.2, -0.15) is 5.10 Å².